The van der Waals surface area contributed by atoms with Gasteiger partial charge in [0, 0.05) is 6.07 Å². The molecular weight excluding hydrogens is 311 g/mol. The Hall–Kier alpha value is -1.64. The largest absolute Gasteiger partial charge is 0.478 e. The summed E-state index contributed by atoms with van der Waals surface area (Å²) in [5.41, 5.74) is -3.50. The Kier molecular flexibility index (Phi) is 3.41. The third kappa shape index (κ3) is 2.54. The molecule has 1 N–H and O–H groups in total. The van der Waals surface area contributed by atoms with Gasteiger partial charge in [-0.15, -0.1) is 0 Å². The highest BCUT2D eigenvalue weighted by molar-refractivity contribution is 9.10. The van der Waals surface area contributed by atoms with Crippen LogP contribution in [0.3, 0.4) is 0 Å². The molecule has 0 spiro atoms. The van der Waals surface area contributed by atoms with Crippen LogP contribution >= 0.6 is 15.9 Å². The minimum Gasteiger partial charge on any atom is -0.478 e. The highest BCUT2D eigenvalue weighted by Gasteiger charge is 2.42. The number of alkyl halides is 3. The molecule has 0 fully saturated rings. The Labute approximate surface area is 100 Å². The van der Waals surface area contributed by atoms with E-state index in [1.807, 2.05) is 0 Å². The van der Waals surface area contributed by atoms with E-state index in [-0.39, 0.29) is 0 Å². The van der Waals surface area contributed by atoms with Crippen molar-refractivity contribution in [1.82, 2.24) is 0 Å². The van der Waals surface area contributed by atoms with Crippen molar-refractivity contribution in [2.24, 2.45) is 0 Å². The number of benzene rings is 1. The van der Waals surface area contributed by atoms with Crippen LogP contribution < -0.4 is 0 Å². The van der Waals surface area contributed by atoms with Crippen molar-refractivity contribution in [3.63, 3.8) is 0 Å². The van der Waals surface area contributed by atoms with Crippen molar-refractivity contribution >= 4 is 27.6 Å². The monoisotopic (exact) mass is 313 g/mol. The fraction of sp³-hybridized carbons (Fsp3) is 0.125. The first-order valence-corrected chi connectivity index (χ1v) is 4.73. The molecule has 1 aromatic rings. The maximum absolute atomic E-state index is 12.6. The maximum Gasteiger partial charge on any atom is 0.424 e. The van der Waals surface area contributed by atoms with Gasteiger partial charge in [0.05, 0.1) is 15.0 Å². The second kappa shape index (κ2) is 4.32. The third-order valence-electron chi connectivity index (χ3n) is 1.83. The highest BCUT2D eigenvalue weighted by Crippen LogP contribution is 2.42. The number of carboxylic acids is 1. The topological polar surface area (TPSA) is 80.4 Å². The van der Waals surface area contributed by atoms with Gasteiger partial charge in [-0.3, -0.25) is 10.1 Å². The molecule has 0 aliphatic carbocycles. The predicted octanol–water partition coefficient (Wildman–Crippen LogP) is 3.07. The van der Waals surface area contributed by atoms with Crippen LogP contribution in [0.2, 0.25) is 0 Å². The van der Waals surface area contributed by atoms with Gasteiger partial charge in [0.15, 0.2) is 0 Å². The zero-order valence-corrected chi connectivity index (χ0v) is 9.37. The molecule has 0 aliphatic rings. The number of aromatic carboxylic acids is 1. The first kappa shape index (κ1) is 13.4. The molecule has 0 unspecified atom stereocenters. The SMILES string of the molecule is O=C(O)c1ccc([N+](=O)[O-])c(C(F)(F)F)c1Br. The quantitative estimate of drug-likeness (QED) is 0.672. The van der Waals surface area contributed by atoms with E-state index in [4.69, 9.17) is 5.11 Å². The molecule has 5 nitrogen and oxygen atoms in total. The van der Waals surface area contributed by atoms with Crippen LogP contribution in [0.4, 0.5) is 18.9 Å². The number of carboxylic acid groups (broad SMARTS) is 1. The van der Waals surface area contributed by atoms with Crippen molar-refractivity contribution in [3.05, 3.63) is 37.8 Å². The van der Waals surface area contributed by atoms with Gasteiger partial charge in [-0.2, -0.15) is 13.2 Å². The van der Waals surface area contributed by atoms with E-state index in [0.717, 1.165) is 6.07 Å². The van der Waals surface area contributed by atoms with E-state index >= 15 is 0 Å². The summed E-state index contributed by atoms with van der Waals surface area (Å²) in [4.78, 5) is 19.8. The van der Waals surface area contributed by atoms with Gasteiger partial charge in [0.2, 0.25) is 0 Å². The van der Waals surface area contributed by atoms with Gasteiger partial charge in [-0.05, 0) is 22.0 Å². The summed E-state index contributed by atoms with van der Waals surface area (Å²) >= 11 is 2.43. The molecule has 0 saturated heterocycles. The molecule has 0 radical (unpaired) electrons. The highest BCUT2D eigenvalue weighted by atomic mass is 79.9. The summed E-state index contributed by atoms with van der Waals surface area (Å²) in [6.07, 6.45) is -5.02. The van der Waals surface area contributed by atoms with Crippen molar-refractivity contribution in [1.29, 1.82) is 0 Å². The average molecular weight is 314 g/mol. The van der Waals surface area contributed by atoms with Crippen molar-refractivity contribution in [2.75, 3.05) is 0 Å². The first-order chi connectivity index (χ1) is 7.66. The number of hydrogen-bond donors (Lipinski definition) is 1. The van der Waals surface area contributed by atoms with Crippen LogP contribution in [-0.2, 0) is 6.18 Å². The van der Waals surface area contributed by atoms with E-state index < -0.39 is 38.4 Å². The zero-order valence-electron chi connectivity index (χ0n) is 7.79. The summed E-state index contributed by atoms with van der Waals surface area (Å²) in [7, 11) is 0. The number of hydrogen-bond acceptors (Lipinski definition) is 3. The molecule has 0 aliphatic heterocycles. The summed E-state index contributed by atoms with van der Waals surface area (Å²) < 4.78 is 36.9. The lowest BCUT2D eigenvalue weighted by Crippen LogP contribution is -2.12. The number of nitrogens with zero attached hydrogens (tertiary/aromatic N) is 1. The molecule has 92 valence electrons. The smallest absolute Gasteiger partial charge is 0.424 e. The molecule has 17 heavy (non-hydrogen) atoms. The van der Waals surface area contributed by atoms with E-state index in [1.54, 1.807) is 0 Å². The van der Waals surface area contributed by atoms with Gasteiger partial charge in [-0.1, -0.05) is 0 Å². The molecule has 9 heteroatoms. The normalized spacial score (nSPS) is 11.3. The van der Waals surface area contributed by atoms with Crippen LogP contribution in [0, 0.1) is 10.1 Å². The fourth-order valence-electron chi connectivity index (χ4n) is 1.15. The lowest BCUT2D eigenvalue weighted by molar-refractivity contribution is -0.388. The second-order valence-electron chi connectivity index (χ2n) is 2.88. The van der Waals surface area contributed by atoms with Gasteiger partial charge in [0.1, 0.15) is 5.56 Å². The van der Waals surface area contributed by atoms with Gasteiger partial charge in [0.25, 0.3) is 5.69 Å². The number of carbonyl (C=O) groups is 1. The summed E-state index contributed by atoms with van der Waals surface area (Å²) in [6.45, 7) is 0. The van der Waals surface area contributed by atoms with Crippen LogP contribution in [0.25, 0.3) is 0 Å². The van der Waals surface area contributed by atoms with Crippen molar-refractivity contribution < 1.29 is 28.0 Å². The summed E-state index contributed by atoms with van der Waals surface area (Å²) in [5.74, 6) is -1.61. The minimum absolute atomic E-state index is 0.511. The zero-order chi connectivity index (χ0) is 13.4. The molecule has 1 rings (SSSR count). The summed E-state index contributed by atoms with van der Waals surface area (Å²) in [5, 5.41) is 19.1. The number of halogens is 4. The second-order valence-corrected chi connectivity index (χ2v) is 3.67. The van der Waals surface area contributed by atoms with Crippen molar-refractivity contribution in [2.45, 2.75) is 6.18 Å². The lowest BCUT2D eigenvalue weighted by atomic mass is 10.1. The maximum atomic E-state index is 12.6. The fourth-order valence-corrected chi connectivity index (χ4v) is 1.88. The van der Waals surface area contributed by atoms with Gasteiger partial charge >= 0.3 is 12.1 Å². The average Bonchev–Trinajstić information content (AvgIpc) is 2.14. The molecule has 0 amide bonds. The number of rotatable bonds is 2. The molecule has 0 aromatic heterocycles. The Bertz CT molecular complexity index is 500. The predicted molar refractivity (Wildman–Crippen MR) is 52.8 cm³/mol. The minimum atomic E-state index is -5.02. The first-order valence-electron chi connectivity index (χ1n) is 3.93. The lowest BCUT2D eigenvalue weighted by Gasteiger charge is -2.11. The molecule has 0 heterocycles. The molecular formula is C8H3BrF3NO4. The third-order valence-corrected chi connectivity index (χ3v) is 2.65. The van der Waals surface area contributed by atoms with Crippen molar-refractivity contribution in [3.8, 4) is 0 Å². The molecule has 0 saturated carbocycles. The van der Waals surface area contributed by atoms with E-state index in [2.05, 4.69) is 15.9 Å². The molecule has 0 bridgehead atoms. The summed E-state index contributed by atoms with van der Waals surface area (Å²) in [6, 6.07) is 1.25. The van der Waals surface area contributed by atoms with E-state index in [0.29, 0.717) is 6.07 Å². The van der Waals surface area contributed by atoms with Gasteiger partial charge < -0.3 is 5.11 Å². The molecule has 0 atom stereocenters. The van der Waals surface area contributed by atoms with Gasteiger partial charge in [-0.25, -0.2) is 4.79 Å². The van der Waals surface area contributed by atoms with Crippen LogP contribution in [0.5, 0.6) is 0 Å². The van der Waals surface area contributed by atoms with E-state index in [9.17, 15) is 28.1 Å². The Morgan fingerprint density at radius 2 is 1.94 bits per heavy atom. The number of nitro benzene ring substituents is 1. The van der Waals surface area contributed by atoms with Crippen LogP contribution in [0.15, 0.2) is 16.6 Å². The van der Waals surface area contributed by atoms with E-state index in [1.165, 1.54) is 0 Å². The van der Waals surface area contributed by atoms with Crippen LogP contribution in [0.1, 0.15) is 15.9 Å². The number of nitro groups is 1. The Morgan fingerprint density at radius 1 is 1.41 bits per heavy atom. The Morgan fingerprint density at radius 3 is 2.29 bits per heavy atom. The van der Waals surface area contributed by atoms with Crippen LogP contribution in [-0.4, -0.2) is 16.0 Å². The standard InChI is InChI=1S/C8H3BrF3NO4/c9-6-3(7(14)15)1-2-4(13(16)17)5(6)8(10,11)12/h1-2H,(H,14,15). The Balaban J connectivity index is 3.65. The molecule has 1 aromatic carbocycles.